The maximum atomic E-state index is 13.4. The fourth-order valence-electron chi connectivity index (χ4n) is 3.29. The van der Waals surface area contributed by atoms with Gasteiger partial charge in [0.25, 0.3) is 0 Å². The number of rotatable bonds is 11. The van der Waals surface area contributed by atoms with E-state index in [9.17, 15) is 22.4 Å². The van der Waals surface area contributed by atoms with Gasteiger partial charge in [-0.15, -0.1) is 0 Å². The second-order valence-corrected chi connectivity index (χ2v) is 9.95. The summed E-state index contributed by atoms with van der Waals surface area (Å²) >= 11 is 5.96. The molecule has 2 aromatic carbocycles. The summed E-state index contributed by atoms with van der Waals surface area (Å²) in [6.07, 6.45) is 2.04. The van der Waals surface area contributed by atoms with Crippen LogP contribution in [0.2, 0.25) is 5.02 Å². The normalized spacial score (nSPS) is 12.2. The number of hydrogen-bond donors (Lipinski definition) is 1. The lowest BCUT2D eigenvalue weighted by Gasteiger charge is -2.32. The molecular formula is C23H29ClFN3O4S. The van der Waals surface area contributed by atoms with Crippen LogP contribution in [0, 0.1) is 5.82 Å². The molecule has 0 saturated carbocycles. The molecule has 0 aliphatic rings. The molecule has 0 saturated heterocycles. The molecule has 10 heteroatoms. The predicted octanol–water partition coefficient (Wildman–Crippen LogP) is 3.58. The van der Waals surface area contributed by atoms with Crippen molar-refractivity contribution in [3.8, 4) is 0 Å². The summed E-state index contributed by atoms with van der Waals surface area (Å²) in [5.74, 6) is -1.39. The molecule has 0 fully saturated rings. The van der Waals surface area contributed by atoms with Crippen LogP contribution in [0.1, 0.15) is 32.3 Å². The minimum absolute atomic E-state index is 0.0923. The summed E-state index contributed by atoms with van der Waals surface area (Å²) in [6, 6.07) is 10.9. The van der Waals surface area contributed by atoms with E-state index >= 15 is 0 Å². The number of amides is 2. The van der Waals surface area contributed by atoms with Gasteiger partial charge in [-0.25, -0.2) is 12.8 Å². The summed E-state index contributed by atoms with van der Waals surface area (Å²) < 4.78 is 39.2. The Balaban J connectivity index is 2.39. The van der Waals surface area contributed by atoms with Gasteiger partial charge >= 0.3 is 0 Å². The highest BCUT2D eigenvalue weighted by Gasteiger charge is 2.31. The monoisotopic (exact) mass is 497 g/mol. The summed E-state index contributed by atoms with van der Waals surface area (Å²) in [4.78, 5) is 27.6. The van der Waals surface area contributed by atoms with Crippen molar-refractivity contribution in [3.05, 3.63) is 64.9 Å². The molecule has 180 valence electrons. The fourth-order valence-corrected chi connectivity index (χ4v) is 4.27. The molecule has 33 heavy (non-hydrogen) atoms. The molecule has 0 spiro atoms. The molecule has 0 heterocycles. The average molecular weight is 498 g/mol. The molecule has 2 rings (SSSR count). The maximum Gasteiger partial charge on any atom is 0.244 e. The lowest BCUT2D eigenvalue weighted by atomic mass is 10.1. The lowest BCUT2D eigenvalue weighted by molar-refractivity contribution is -0.140. The minimum atomic E-state index is -3.86. The predicted molar refractivity (Wildman–Crippen MR) is 128 cm³/mol. The van der Waals surface area contributed by atoms with Crippen molar-refractivity contribution in [1.29, 1.82) is 0 Å². The number of benzene rings is 2. The highest BCUT2D eigenvalue weighted by molar-refractivity contribution is 7.92. The number of halogens is 2. The first-order valence-corrected chi connectivity index (χ1v) is 12.8. The molecule has 0 bridgehead atoms. The second kappa shape index (κ2) is 12.0. The average Bonchev–Trinajstić information content (AvgIpc) is 2.77. The zero-order valence-corrected chi connectivity index (χ0v) is 20.5. The van der Waals surface area contributed by atoms with Crippen molar-refractivity contribution >= 4 is 39.1 Å². The van der Waals surface area contributed by atoms with Crippen molar-refractivity contribution in [2.45, 2.75) is 39.3 Å². The Morgan fingerprint density at radius 2 is 1.67 bits per heavy atom. The van der Waals surface area contributed by atoms with E-state index < -0.39 is 34.3 Å². The smallest absolute Gasteiger partial charge is 0.244 e. The van der Waals surface area contributed by atoms with E-state index in [1.165, 1.54) is 17.0 Å². The number of hydrogen-bond acceptors (Lipinski definition) is 4. The van der Waals surface area contributed by atoms with Crippen LogP contribution in [0.25, 0.3) is 0 Å². The molecule has 1 N–H and O–H groups in total. The molecule has 0 aromatic heterocycles. The number of carbonyl (C=O) groups is 2. The maximum absolute atomic E-state index is 13.4. The third-order valence-electron chi connectivity index (χ3n) is 5.00. The van der Waals surface area contributed by atoms with Gasteiger partial charge in [0, 0.05) is 18.1 Å². The van der Waals surface area contributed by atoms with Crippen molar-refractivity contribution in [1.82, 2.24) is 10.2 Å². The number of carbonyl (C=O) groups excluding carboxylic acids is 2. The lowest BCUT2D eigenvalue weighted by Crippen LogP contribution is -2.52. The largest absolute Gasteiger partial charge is 0.354 e. The highest BCUT2D eigenvalue weighted by atomic mass is 35.5. The van der Waals surface area contributed by atoms with Gasteiger partial charge in [0.15, 0.2) is 0 Å². The van der Waals surface area contributed by atoms with Crippen LogP contribution in [-0.2, 0) is 26.2 Å². The SMILES string of the molecule is CCCNC(=O)[C@@H](CC)N(Cc1ccc(Cl)cc1)C(=O)CN(c1ccc(F)cc1)S(C)(=O)=O. The van der Waals surface area contributed by atoms with Gasteiger partial charge in [-0.3, -0.25) is 13.9 Å². The Hall–Kier alpha value is -2.65. The van der Waals surface area contributed by atoms with Crippen LogP contribution in [0.3, 0.4) is 0 Å². The van der Waals surface area contributed by atoms with Crippen molar-refractivity contribution in [2.24, 2.45) is 0 Å². The van der Waals surface area contributed by atoms with E-state index in [4.69, 9.17) is 11.6 Å². The minimum Gasteiger partial charge on any atom is -0.354 e. The summed E-state index contributed by atoms with van der Waals surface area (Å²) in [5.41, 5.74) is 0.893. The molecule has 2 amide bonds. The van der Waals surface area contributed by atoms with Crippen LogP contribution >= 0.6 is 11.6 Å². The van der Waals surface area contributed by atoms with Gasteiger partial charge in [0.1, 0.15) is 18.4 Å². The molecule has 2 aromatic rings. The van der Waals surface area contributed by atoms with Crippen molar-refractivity contribution in [3.63, 3.8) is 0 Å². The fraction of sp³-hybridized carbons (Fsp3) is 0.391. The first-order valence-electron chi connectivity index (χ1n) is 10.6. The van der Waals surface area contributed by atoms with Crippen LogP contribution in [-0.4, -0.2) is 50.5 Å². The second-order valence-electron chi connectivity index (χ2n) is 7.61. The Kier molecular flexibility index (Phi) is 9.67. The zero-order chi connectivity index (χ0) is 24.6. The molecule has 0 aliphatic carbocycles. The van der Waals surface area contributed by atoms with Crippen molar-refractivity contribution in [2.75, 3.05) is 23.7 Å². The third kappa shape index (κ3) is 7.71. The molecule has 7 nitrogen and oxygen atoms in total. The van der Waals surface area contributed by atoms with E-state index in [-0.39, 0.29) is 18.1 Å². The molecule has 0 aliphatic heterocycles. The van der Waals surface area contributed by atoms with E-state index in [1.54, 1.807) is 31.2 Å². The number of nitrogens with one attached hydrogen (secondary N) is 1. The Morgan fingerprint density at radius 3 is 2.18 bits per heavy atom. The van der Waals surface area contributed by atoms with Gasteiger partial charge in [0.2, 0.25) is 21.8 Å². The molecular weight excluding hydrogens is 469 g/mol. The van der Waals surface area contributed by atoms with E-state index in [0.29, 0.717) is 18.0 Å². The van der Waals surface area contributed by atoms with Crippen molar-refractivity contribution < 1.29 is 22.4 Å². The Morgan fingerprint density at radius 1 is 1.06 bits per heavy atom. The van der Waals surface area contributed by atoms with Crippen LogP contribution < -0.4 is 9.62 Å². The molecule has 0 unspecified atom stereocenters. The first-order chi connectivity index (χ1) is 15.6. The quantitative estimate of drug-likeness (QED) is 0.514. The van der Waals surface area contributed by atoms with Gasteiger partial charge in [-0.05, 0) is 54.8 Å². The number of anilines is 1. The van der Waals surface area contributed by atoms with Crippen LogP contribution in [0.15, 0.2) is 48.5 Å². The molecule has 1 atom stereocenters. The van der Waals surface area contributed by atoms with E-state index in [1.807, 2.05) is 6.92 Å². The summed E-state index contributed by atoms with van der Waals surface area (Å²) in [6.45, 7) is 3.73. The Labute approximate surface area is 199 Å². The number of sulfonamides is 1. The summed E-state index contributed by atoms with van der Waals surface area (Å²) in [5, 5.41) is 3.34. The Bertz CT molecular complexity index is 1050. The topological polar surface area (TPSA) is 86.8 Å². The van der Waals surface area contributed by atoms with Gasteiger partial charge < -0.3 is 10.2 Å². The van der Waals surface area contributed by atoms with Crippen LogP contribution in [0.4, 0.5) is 10.1 Å². The van der Waals surface area contributed by atoms with E-state index in [2.05, 4.69) is 5.32 Å². The zero-order valence-electron chi connectivity index (χ0n) is 18.9. The highest BCUT2D eigenvalue weighted by Crippen LogP contribution is 2.20. The van der Waals surface area contributed by atoms with Gasteiger partial charge in [-0.2, -0.15) is 0 Å². The van der Waals surface area contributed by atoms with Crippen LogP contribution in [0.5, 0.6) is 0 Å². The van der Waals surface area contributed by atoms with E-state index in [0.717, 1.165) is 34.7 Å². The van der Waals surface area contributed by atoms with Gasteiger partial charge in [-0.1, -0.05) is 37.6 Å². The number of nitrogens with zero attached hydrogens (tertiary/aromatic N) is 2. The third-order valence-corrected chi connectivity index (χ3v) is 6.39. The van der Waals surface area contributed by atoms with Gasteiger partial charge in [0.05, 0.1) is 11.9 Å². The standard InChI is InChI=1S/C23H29ClFN3O4S/c1-4-14-26-23(30)21(5-2)27(15-17-6-8-18(24)9-7-17)22(29)16-28(33(3,31)32)20-12-10-19(25)11-13-20/h6-13,21H,4-5,14-16H2,1-3H3,(H,26,30)/t21-/m1/s1. The molecule has 0 radical (unpaired) electrons. The summed E-state index contributed by atoms with van der Waals surface area (Å²) in [7, 11) is -3.86. The first kappa shape index (κ1) is 26.6.